The number of hydrogen-bond acceptors (Lipinski definition) is 6. The predicted molar refractivity (Wildman–Crippen MR) is 107 cm³/mol. The van der Waals surface area contributed by atoms with Crippen molar-refractivity contribution in [2.75, 3.05) is 32.0 Å². The highest BCUT2D eigenvalue weighted by atomic mass is 16.6. The molecule has 0 radical (unpaired) electrons. The molecule has 4 aromatic rings. The average molecular weight is 375 g/mol. The van der Waals surface area contributed by atoms with Crippen LogP contribution >= 0.6 is 0 Å². The lowest BCUT2D eigenvalue weighted by Crippen LogP contribution is -2.25. The minimum Gasteiger partial charge on any atom is -0.456 e. The molecule has 2 aliphatic heterocycles. The molecule has 2 fully saturated rings. The van der Waals surface area contributed by atoms with Gasteiger partial charge in [-0.25, -0.2) is 9.97 Å². The SMILES string of the molecule is Nc1ncnc2c1c(-c1cc3ccccc3o1)cn2[C@H]1CCN(C[C@@H]2CO2)C1. The van der Waals surface area contributed by atoms with E-state index < -0.39 is 0 Å². The van der Waals surface area contributed by atoms with Crippen molar-refractivity contribution in [2.24, 2.45) is 0 Å². The van der Waals surface area contributed by atoms with Crippen LogP contribution < -0.4 is 5.73 Å². The topological polar surface area (TPSA) is 85.6 Å². The van der Waals surface area contributed by atoms with Gasteiger partial charge < -0.3 is 19.5 Å². The summed E-state index contributed by atoms with van der Waals surface area (Å²) in [5.74, 6) is 1.29. The number of nitrogen functional groups attached to an aromatic ring is 1. The van der Waals surface area contributed by atoms with Gasteiger partial charge in [-0.1, -0.05) is 18.2 Å². The van der Waals surface area contributed by atoms with Crippen molar-refractivity contribution in [3.8, 4) is 11.3 Å². The fraction of sp³-hybridized carbons (Fsp3) is 0.333. The molecule has 0 amide bonds. The van der Waals surface area contributed by atoms with E-state index >= 15 is 0 Å². The molecular formula is C21H21N5O2. The van der Waals surface area contributed by atoms with Gasteiger partial charge in [-0.2, -0.15) is 0 Å². The Bertz CT molecular complexity index is 1140. The Morgan fingerprint density at radius 1 is 1.21 bits per heavy atom. The van der Waals surface area contributed by atoms with Gasteiger partial charge in [0.1, 0.15) is 29.1 Å². The van der Waals surface area contributed by atoms with Crippen molar-refractivity contribution in [1.82, 2.24) is 19.4 Å². The summed E-state index contributed by atoms with van der Waals surface area (Å²) in [6.07, 6.45) is 5.18. The minimum atomic E-state index is 0.355. The Morgan fingerprint density at radius 3 is 2.96 bits per heavy atom. The molecule has 7 heteroatoms. The molecular weight excluding hydrogens is 354 g/mol. The van der Waals surface area contributed by atoms with Crippen molar-refractivity contribution < 1.29 is 9.15 Å². The Hall–Kier alpha value is -2.90. The summed E-state index contributed by atoms with van der Waals surface area (Å²) in [6, 6.07) is 10.4. The standard InChI is InChI=1S/C21H21N5O2/c22-20-19-16(18-7-13-3-1-2-4-17(13)28-18)10-26(21(19)24-12-23-20)14-5-6-25(8-14)9-15-11-27-15/h1-4,7,10,12,14-15H,5-6,8-9,11H2,(H2,22,23,24)/t14-,15+/m0/s1. The van der Waals surface area contributed by atoms with Gasteiger partial charge in [-0.3, -0.25) is 4.90 Å². The lowest BCUT2D eigenvalue weighted by atomic mass is 10.1. The summed E-state index contributed by atoms with van der Waals surface area (Å²) >= 11 is 0. The van der Waals surface area contributed by atoms with Gasteiger partial charge in [0.05, 0.1) is 18.1 Å². The molecule has 5 heterocycles. The summed E-state index contributed by atoms with van der Waals surface area (Å²) in [5.41, 5.74) is 8.96. The highest BCUT2D eigenvalue weighted by molar-refractivity contribution is 6.01. The minimum absolute atomic E-state index is 0.355. The van der Waals surface area contributed by atoms with E-state index in [0.29, 0.717) is 18.0 Å². The molecule has 0 saturated carbocycles. The molecule has 2 atom stereocenters. The van der Waals surface area contributed by atoms with E-state index in [9.17, 15) is 0 Å². The predicted octanol–water partition coefficient (Wildman–Crippen LogP) is 3.07. The highest BCUT2D eigenvalue weighted by Crippen LogP contribution is 2.38. The number of rotatable bonds is 4. The summed E-state index contributed by atoms with van der Waals surface area (Å²) < 4.78 is 13.8. The third kappa shape index (κ3) is 2.58. The second-order valence-corrected chi connectivity index (χ2v) is 7.71. The summed E-state index contributed by atoms with van der Waals surface area (Å²) in [5, 5.41) is 1.94. The zero-order valence-corrected chi connectivity index (χ0v) is 15.4. The normalized spacial score (nSPS) is 22.4. The van der Waals surface area contributed by atoms with Crippen LogP contribution in [0.3, 0.4) is 0 Å². The van der Waals surface area contributed by atoms with Crippen molar-refractivity contribution in [3.63, 3.8) is 0 Å². The van der Waals surface area contributed by atoms with Gasteiger partial charge in [0.15, 0.2) is 0 Å². The maximum Gasteiger partial charge on any atom is 0.146 e. The molecule has 2 aliphatic rings. The molecule has 0 unspecified atom stereocenters. The summed E-state index contributed by atoms with van der Waals surface area (Å²) in [6.45, 7) is 3.98. The van der Waals surface area contributed by atoms with Crippen LogP contribution in [-0.2, 0) is 4.74 Å². The fourth-order valence-electron chi connectivity index (χ4n) is 4.35. The molecule has 142 valence electrons. The first-order valence-electron chi connectivity index (χ1n) is 9.70. The number of epoxide rings is 1. The number of furan rings is 1. The summed E-state index contributed by atoms with van der Waals surface area (Å²) in [7, 11) is 0. The van der Waals surface area contributed by atoms with Crippen molar-refractivity contribution in [3.05, 3.63) is 42.9 Å². The van der Waals surface area contributed by atoms with E-state index in [1.807, 2.05) is 18.2 Å². The average Bonchev–Trinajstić information content (AvgIpc) is 3.09. The van der Waals surface area contributed by atoms with Crippen molar-refractivity contribution >= 4 is 27.8 Å². The molecule has 2 N–H and O–H groups in total. The number of fused-ring (bicyclic) bond motifs is 2. The number of aromatic nitrogens is 3. The lowest BCUT2D eigenvalue weighted by molar-refractivity contribution is 0.278. The van der Waals surface area contributed by atoms with E-state index in [-0.39, 0.29) is 0 Å². The number of likely N-dealkylation sites (tertiary alicyclic amines) is 1. The second kappa shape index (κ2) is 6.05. The molecule has 28 heavy (non-hydrogen) atoms. The first kappa shape index (κ1) is 16.1. The van der Waals surface area contributed by atoms with E-state index in [1.54, 1.807) is 6.33 Å². The number of nitrogens with zero attached hydrogens (tertiary/aromatic N) is 4. The van der Waals surface area contributed by atoms with Crippen LogP contribution in [0, 0.1) is 0 Å². The number of para-hydroxylation sites is 1. The van der Waals surface area contributed by atoms with Gasteiger partial charge in [0, 0.05) is 42.8 Å². The lowest BCUT2D eigenvalue weighted by Gasteiger charge is -2.16. The molecule has 0 aliphatic carbocycles. The smallest absolute Gasteiger partial charge is 0.146 e. The molecule has 1 aromatic carbocycles. The van der Waals surface area contributed by atoms with E-state index in [1.165, 1.54) is 0 Å². The van der Waals surface area contributed by atoms with E-state index in [2.05, 4.69) is 37.8 Å². The number of nitrogens with two attached hydrogens (primary N) is 1. The van der Waals surface area contributed by atoms with Gasteiger partial charge in [-0.05, 0) is 18.6 Å². The van der Waals surface area contributed by atoms with Crippen LogP contribution in [0.1, 0.15) is 12.5 Å². The largest absolute Gasteiger partial charge is 0.456 e. The number of anilines is 1. The Kier molecular flexibility index (Phi) is 3.48. The van der Waals surface area contributed by atoms with Gasteiger partial charge in [-0.15, -0.1) is 0 Å². The molecule has 3 aromatic heterocycles. The maximum atomic E-state index is 6.27. The quantitative estimate of drug-likeness (QED) is 0.552. The van der Waals surface area contributed by atoms with Crippen LogP contribution in [0.5, 0.6) is 0 Å². The first-order valence-corrected chi connectivity index (χ1v) is 9.70. The first-order chi connectivity index (χ1) is 13.8. The van der Waals surface area contributed by atoms with Gasteiger partial charge in [0.2, 0.25) is 0 Å². The fourth-order valence-corrected chi connectivity index (χ4v) is 4.35. The molecule has 7 nitrogen and oxygen atoms in total. The van der Waals surface area contributed by atoms with Crippen LogP contribution in [0.15, 0.2) is 47.3 Å². The van der Waals surface area contributed by atoms with Gasteiger partial charge in [0.25, 0.3) is 0 Å². The number of hydrogen-bond donors (Lipinski definition) is 1. The molecule has 2 saturated heterocycles. The van der Waals surface area contributed by atoms with Crippen LogP contribution in [0.25, 0.3) is 33.3 Å². The summed E-state index contributed by atoms with van der Waals surface area (Å²) in [4.78, 5) is 11.3. The van der Waals surface area contributed by atoms with Crippen molar-refractivity contribution in [2.45, 2.75) is 18.6 Å². The van der Waals surface area contributed by atoms with Crippen molar-refractivity contribution in [1.29, 1.82) is 0 Å². The second-order valence-electron chi connectivity index (χ2n) is 7.71. The van der Waals surface area contributed by atoms with Crippen LogP contribution in [0.4, 0.5) is 5.82 Å². The van der Waals surface area contributed by atoms with E-state index in [4.69, 9.17) is 14.9 Å². The van der Waals surface area contributed by atoms with Gasteiger partial charge >= 0.3 is 0 Å². The molecule has 0 bridgehead atoms. The Labute approximate surface area is 161 Å². The van der Waals surface area contributed by atoms with Crippen LogP contribution in [-0.4, -0.2) is 51.8 Å². The molecule has 6 rings (SSSR count). The zero-order chi connectivity index (χ0) is 18.7. The third-order valence-electron chi connectivity index (χ3n) is 5.83. The number of ether oxygens (including phenoxy) is 1. The van der Waals surface area contributed by atoms with Crippen LogP contribution in [0.2, 0.25) is 0 Å². The third-order valence-corrected chi connectivity index (χ3v) is 5.83. The zero-order valence-electron chi connectivity index (χ0n) is 15.4. The Balaban J connectivity index is 1.45. The maximum absolute atomic E-state index is 6.27. The number of benzene rings is 1. The van der Waals surface area contributed by atoms with E-state index in [0.717, 1.165) is 66.0 Å². The Morgan fingerprint density at radius 2 is 2.11 bits per heavy atom. The molecule has 0 spiro atoms. The highest BCUT2D eigenvalue weighted by Gasteiger charge is 2.32. The monoisotopic (exact) mass is 375 g/mol.